The summed E-state index contributed by atoms with van der Waals surface area (Å²) in [4.78, 5) is 27.5. The fourth-order valence-electron chi connectivity index (χ4n) is 3.34. The molecular formula is C18H23N3O2S. The Bertz CT molecular complexity index is 799. The lowest BCUT2D eigenvalue weighted by molar-refractivity contribution is -0.121. The third-order valence-corrected chi connectivity index (χ3v) is 6.13. The molecule has 0 aliphatic carbocycles. The highest BCUT2D eigenvalue weighted by Gasteiger charge is 2.33. The summed E-state index contributed by atoms with van der Waals surface area (Å²) < 4.78 is 2.14. The normalized spacial score (nSPS) is 17.5. The van der Waals surface area contributed by atoms with Crippen LogP contribution in [0.1, 0.15) is 38.6 Å². The molecule has 1 unspecified atom stereocenters. The zero-order valence-electron chi connectivity index (χ0n) is 14.5. The SMILES string of the molecule is Cc1sc(-n2c(C)ccc2C)c(C(=O)N2CCC(C(N)=O)C2)c1C. The molecule has 0 bridgehead atoms. The molecule has 1 aliphatic rings. The van der Waals surface area contributed by atoms with E-state index in [1.165, 1.54) is 0 Å². The van der Waals surface area contributed by atoms with Gasteiger partial charge in [0.15, 0.2) is 0 Å². The zero-order chi connectivity index (χ0) is 17.6. The lowest BCUT2D eigenvalue weighted by Crippen LogP contribution is -2.32. The van der Waals surface area contributed by atoms with E-state index in [0.717, 1.165) is 32.4 Å². The number of carbonyl (C=O) groups is 2. The Kier molecular flexibility index (Phi) is 4.25. The second-order valence-corrected chi connectivity index (χ2v) is 7.76. The van der Waals surface area contributed by atoms with Crippen LogP contribution in [-0.2, 0) is 4.79 Å². The molecule has 0 saturated carbocycles. The van der Waals surface area contributed by atoms with Crippen LogP contribution in [0, 0.1) is 33.6 Å². The molecule has 3 heterocycles. The van der Waals surface area contributed by atoms with E-state index in [1.54, 1.807) is 16.2 Å². The van der Waals surface area contributed by atoms with Crippen LogP contribution < -0.4 is 5.73 Å². The van der Waals surface area contributed by atoms with Gasteiger partial charge < -0.3 is 15.2 Å². The second-order valence-electron chi connectivity index (χ2n) is 6.55. The first-order valence-corrected chi connectivity index (χ1v) is 8.96. The van der Waals surface area contributed by atoms with Crippen LogP contribution in [0.15, 0.2) is 12.1 Å². The fraction of sp³-hybridized carbons (Fsp3) is 0.444. The van der Waals surface area contributed by atoms with Crippen LogP contribution >= 0.6 is 11.3 Å². The number of hydrogen-bond acceptors (Lipinski definition) is 3. The summed E-state index contributed by atoms with van der Waals surface area (Å²) >= 11 is 1.65. The van der Waals surface area contributed by atoms with Crippen molar-refractivity contribution in [2.45, 2.75) is 34.1 Å². The van der Waals surface area contributed by atoms with Gasteiger partial charge in [0.2, 0.25) is 5.91 Å². The van der Waals surface area contributed by atoms with Crippen molar-refractivity contribution < 1.29 is 9.59 Å². The first-order chi connectivity index (χ1) is 11.3. The predicted molar refractivity (Wildman–Crippen MR) is 95.8 cm³/mol. The Morgan fingerprint density at radius 2 is 1.79 bits per heavy atom. The van der Waals surface area contributed by atoms with Gasteiger partial charge in [-0.1, -0.05) is 0 Å². The number of likely N-dealkylation sites (tertiary alicyclic amines) is 1. The van der Waals surface area contributed by atoms with E-state index in [9.17, 15) is 9.59 Å². The van der Waals surface area contributed by atoms with Crippen LogP contribution in [-0.4, -0.2) is 34.4 Å². The van der Waals surface area contributed by atoms with Gasteiger partial charge in [0.05, 0.1) is 11.5 Å². The van der Waals surface area contributed by atoms with Gasteiger partial charge in [-0.25, -0.2) is 0 Å². The van der Waals surface area contributed by atoms with E-state index >= 15 is 0 Å². The summed E-state index contributed by atoms with van der Waals surface area (Å²) in [5, 5.41) is 0.970. The molecule has 6 heteroatoms. The second kappa shape index (κ2) is 6.09. The van der Waals surface area contributed by atoms with E-state index in [0.29, 0.717) is 19.5 Å². The molecule has 0 spiro atoms. The number of nitrogens with zero attached hydrogens (tertiary/aromatic N) is 2. The van der Waals surface area contributed by atoms with Crippen molar-refractivity contribution in [2.75, 3.05) is 13.1 Å². The largest absolute Gasteiger partial charge is 0.369 e. The Balaban J connectivity index is 2.03. The molecule has 0 radical (unpaired) electrons. The first kappa shape index (κ1) is 16.8. The lowest BCUT2D eigenvalue weighted by Gasteiger charge is -2.18. The number of primary amides is 1. The number of nitrogens with two attached hydrogens (primary N) is 1. The van der Waals surface area contributed by atoms with E-state index in [2.05, 4.69) is 16.7 Å². The molecule has 5 nitrogen and oxygen atoms in total. The highest BCUT2D eigenvalue weighted by atomic mass is 32.1. The Morgan fingerprint density at radius 1 is 1.17 bits per heavy atom. The summed E-state index contributed by atoms with van der Waals surface area (Å²) in [7, 11) is 0. The summed E-state index contributed by atoms with van der Waals surface area (Å²) in [6.45, 7) is 9.15. The number of amides is 2. The van der Waals surface area contributed by atoms with Crippen molar-refractivity contribution in [1.29, 1.82) is 0 Å². The lowest BCUT2D eigenvalue weighted by atomic mass is 10.1. The van der Waals surface area contributed by atoms with Crippen LogP contribution in [0.5, 0.6) is 0 Å². The fourth-order valence-corrected chi connectivity index (χ4v) is 4.61. The minimum absolute atomic E-state index is 0.00287. The summed E-state index contributed by atoms with van der Waals surface area (Å²) in [6, 6.07) is 4.12. The highest BCUT2D eigenvalue weighted by Crippen LogP contribution is 2.34. The topological polar surface area (TPSA) is 68.3 Å². The molecule has 1 atom stereocenters. The van der Waals surface area contributed by atoms with Gasteiger partial charge in [-0.2, -0.15) is 0 Å². The molecule has 2 amide bonds. The van der Waals surface area contributed by atoms with Crippen molar-refractivity contribution in [3.63, 3.8) is 0 Å². The third-order valence-electron chi connectivity index (χ3n) is 4.93. The van der Waals surface area contributed by atoms with Crippen LogP contribution in [0.25, 0.3) is 5.00 Å². The monoisotopic (exact) mass is 345 g/mol. The summed E-state index contributed by atoms with van der Waals surface area (Å²) in [6.07, 6.45) is 0.653. The molecule has 1 saturated heterocycles. The maximum atomic E-state index is 13.2. The van der Waals surface area contributed by atoms with Crippen molar-refractivity contribution in [1.82, 2.24) is 9.47 Å². The van der Waals surface area contributed by atoms with Crippen molar-refractivity contribution in [2.24, 2.45) is 11.7 Å². The molecule has 1 fully saturated rings. The predicted octanol–water partition coefficient (Wildman–Crippen LogP) is 2.72. The molecule has 0 aromatic carbocycles. The van der Waals surface area contributed by atoms with E-state index in [4.69, 9.17) is 5.73 Å². The number of rotatable bonds is 3. The number of hydrogen-bond donors (Lipinski definition) is 1. The molecule has 2 aromatic rings. The van der Waals surface area contributed by atoms with Crippen molar-refractivity contribution >= 4 is 23.2 Å². The smallest absolute Gasteiger partial charge is 0.257 e. The summed E-state index contributed by atoms with van der Waals surface area (Å²) in [5.41, 5.74) is 9.40. The van der Waals surface area contributed by atoms with Gasteiger partial charge in [-0.3, -0.25) is 9.59 Å². The Hall–Kier alpha value is -2.08. The molecule has 24 heavy (non-hydrogen) atoms. The zero-order valence-corrected chi connectivity index (χ0v) is 15.4. The molecule has 2 aromatic heterocycles. The average Bonchev–Trinajstić information content (AvgIpc) is 3.19. The number of thiophene rings is 1. The Labute approximate surface area is 146 Å². The van der Waals surface area contributed by atoms with Gasteiger partial charge in [-0.15, -0.1) is 11.3 Å². The van der Waals surface area contributed by atoms with Gasteiger partial charge in [0, 0.05) is 29.4 Å². The first-order valence-electron chi connectivity index (χ1n) is 8.15. The third kappa shape index (κ3) is 2.65. The highest BCUT2D eigenvalue weighted by molar-refractivity contribution is 7.15. The van der Waals surface area contributed by atoms with Crippen LogP contribution in [0.4, 0.5) is 0 Å². The maximum Gasteiger partial charge on any atom is 0.257 e. The molecule has 128 valence electrons. The van der Waals surface area contributed by atoms with E-state index in [-0.39, 0.29) is 17.7 Å². The quantitative estimate of drug-likeness (QED) is 0.929. The van der Waals surface area contributed by atoms with Gasteiger partial charge in [0.25, 0.3) is 5.91 Å². The van der Waals surface area contributed by atoms with Crippen molar-refractivity contribution in [3.05, 3.63) is 39.5 Å². The number of aromatic nitrogens is 1. The average molecular weight is 345 g/mol. The minimum Gasteiger partial charge on any atom is -0.369 e. The standard InChI is InChI=1S/C18H23N3O2S/c1-10-5-6-11(2)21(10)18-15(12(3)13(4)24-18)17(23)20-8-7-14(9-20)16(19)22/h5-6,14H,7-9H2,1-4H3,(H2,19,22). The van der Waals surface area contributed by atoms with E-state index in [1.807, 2.05) is 27.7 Å². The maximum absolute atomic E-state index is 13.2. The van der Waals surface area contributed by atoms with Gasteiger partial charge >= 0.3 is 0 Å². The molecule has 3 rings (SSSR count). The van der Waals surface area contributed by atoms with Crippen LogP contribution in [0.2, 0.25) is 0 Å². The molecule has 1 aliphatic heterocycles. The number of carbonyl (C=O) groups excluding carboxylic acids is 2. The molecular weight excluding hydrogens is 322 g/mol. The van der Waals surface area contributed by atoms with Gasteiger partial charge in [0.1, 0.15) is 5.00 Å². The van der Waals surface area contributed by atoms with E-state index < -0.39 is 0 Å². The summed E-state index contributed by atoms with van der Waals surface area (Å²) in [5.74, 6) is -0.545. The Morgan fingerprint density at radius 3 is 2.33 bits per heavy atom. The minimum atomic E-state index is -0.319. The van der Waals surface area contributed by atoms with Gasteiger partial charge in [-0.05, 0) is 51.8 Å². The molecule has 2 N–H and O–H groups in total. The number of aryl methyl sites for hydroxylation is 3. The van der Waals surface area contributed by atoms with Crippen molar-refractivity contribution in [3.8, 4) is 5.00 Å². The van der Waals surface area contributed by atoms with Crippen LogP contribution in [0.3, 0.4) is 0 Å².